The number of phenols is 4. The van der Waals surface area contributed by atoms with Gasteiger partial charge in [0.1, 0.15) is 23.0 Å². The molecule has 126 valence electrons. The predicted molar refractivity (Wildman–Crippen MR) is 90.5 cm³/mol. The number of aromatic hydroxyl groups is 4. The summed E-state index contributed by atoms with van der Waals surface area (Å²) in [5.41, 5.74) is 0.857. The van der Waals surface area contributed by atoms with Crippen molar-refractivity contribution < 1.29 is 25.5 Å². The standard InChI is InChI=1S/C17H18N2O5/c20-13-3-1-11(16(23)5-13)7-18-9-15(22)10-19-8-12-2-4-14(21)6-17(12)24/h1-8,15,20-24H,9-10H2. The van der Waals surface area contributed by atoms with Crippen LogP contribution in [-0.4, -0.2) is 57.2 Å². The third kappa shape index (κ3) is 4.99. The molecule has 0 spiro atoms. The molecule has 2 rings (SSSR count). The summed E-state index contributed by atoms with van der Waals surface area (Å²) < 4.78 is 0. The molecule has 0 aliphatic heterocycles. The van der Waals surface area contributed by atoms with Gasteiger partial charge in [0.15, 0.2) is 0 Å². The van der Waals surface area contributed by atoms with Crippen molar-refractivity contribution in [3.05, 3.63) is 47.5 Å². The number of aliphatic hydroxyl groups excluding tert-OH is 1. The first-order valence-electron chi connectivity index (χ1n) is 7.17. The fourth-order valence-corrected chi connectivity index (χ4v) is 1.89. The molecule has 0 unspecified atom stereocenters. The van der Waals surface area contributed by atoms with Gasteiger partial charge in [-0.05, 0) is 24.3 Å². The van der Waals surface area contributed by atoms with Crippen LogP contribution < -0.4 is 0 Å². The van der Waals surface area contributed by atoms with Crippen molar-refractivity contribution >= 4 is 12.4 Å². The minimum absolute atomic E-state index is 0.0449. The molecule has 0 atom stereocenters. The van der Waals surface area contributed by atoms with Crippen LogP contribution >= 0.6 is 0 Å². The number of aliphatic hydroxyl groups is 1. The van der Waals surface area contributed by atoms with Gasteiger partial charge in [-0.2, -0.15) is 0 Å². The van der Waals surface area contributed by atoms with Gasteiger partial charge in [0.2, 0.25) is 0 Å². The van der Waals surface area contributed by atoms with Crippen LogP contribution in [0.2, 0.25) is 0 Å². The van der Waals surface area contributed by atoms with Crippen LogP contribution in [0.4, 0.5) is 0 Å². The minimum atomic E-state index is -0.823. The van der Waals surface area contributed by atoms with Gasteiger partial charge in [-0.25, -0.2) is 0 Å². The monoisotopic (exact) mass is 330 g/mol. The molecule has 0 aromatic heterocycles. The van der Waals surface area contributed by atoms with Crippen molar-refractivity contribution in [1.29, 1.82) is 0 Å². The maximum absolute atomic E-state index is 9.80. The molecule has 0 heterocycles. The fourth-order valence-electron chi connectivity index (χ4n) is 1.89. The van der Waals surface area contributed by atoms with E-state index in [2.05, 4.69) is 9.98 Å². The molecule has 2 aromatic carbocycles. The zero-order valence-electron chi connectivity index (χ0n) is 12.7. The summed E-state index contributed by atoms with van der Waals surface area (Å²) in [6.07, 6.45) is 1.97. The molecule has 0 aliphatic rings. The van der Waals surface area contributed by atoms with Crippen molar-refractivity contribution in [2.45, 2.75) is 6.10 Å². The van der Waals surface area contributed by atoms with Crippen molar-refractivity contribution in [3.8, 4) is 23.0 Å². The lowest BCUT2D eigenvalue weighted by Crippen LogP contribution is -2.15. The Balaban J connectivity index is 1.85. The largest absolute Gasteiger partial charge is 0.508 e. The fraction of sp³-hybridized carbons (Fsp3) is 0.176. The molecule has 0 saturated heterocycles. The lowest BCUT2D eigenvalue weighted by atomic mass is 10.2. The van der Waals surface area contributed by atoms with Crippen molar-refractivity contribution in [1.82, 2.24) is 0 Å². The van der Waals surface area contributed by atoms with E-state index in [1.165, 1.54) is 48.8 Å². The normalized spacial score (nSPS) is 12.9. The molecule has 0 bridgehead atoms. The Morgan fingerprint density at radius 1 is 0.750 bits per heavy atom. The van der Waals surface area contributed by atoms with E-state index < -0.39 is 6.10 Å². The first-order valence-corrected chi connectivity index (χ1v) is 7.17. The van der Waals surface area contributed by atoms with Gasteiger partial charge in [0.05, 0.1) is 19.2 Å². The summed E-state index contributed by atoms with van der Waals surface area (Å²) in [5, 5.41) is 47.4. The van der Waals surface area contributed by atoms with Gasteiger partial charge in [0.25, 0.3) is 0 Å². The first-order chi connectivity index (χ1) is 11.5. The number of benzene rings is 2. The van der Waals surface area contributed by atoms with Gasteiger partial charge < -0.3 is 25.5 Å². The van der Waals surface area contributed by atoms with Gasteiger partial charge in [0, 0.05) is 35.7 Å². The van der Waals surface area contributed by atoms with Gasteiger partial charge in [-0.3, -0.25) is 9.98 Å². The van der Waals surface area contributed by atoms with E-state index in [9.17, 15) is 25.5 Å². The smallest absolute Gasteiger partial charge is 0.128 e. The van der Waals surface area contributed by atoms with Crippen LogP contribution in [0.25, 0.3) is 0 Å². The SMILES string of the molecule is Oc1ccc(C=NCC(O)CN=Cc2ccc(O)cc2O)c(O)c1. The van der Waals surface area contributed by atoms with E-state index >= 15 is 0 Å². The Labute approximate surface area is 138 Å². The lowest BCUT2D eigenvalue weighted by molar-refractivity contribution is 0.193. The highest BCUT2D eigenvalue weighted by atomic mass is 16.3. The first kappa shape index (κ1) is 17.3. The highest BCUT2D eigenvalue weighted by Crippen LogP contribution is 2.21. The second kappa shape index (κ2) is 7.98. The zero-order chi connectivity index (χ0) is 17.5. The van der Waals surface area contributed by atoms with Crippen LogP contribution in [0.1, 0.15) is 11.1 Å². The number of phenolic OH excluding ortho intramolecular Hbond substituents is 4. The Kier molecular flexibility index (Phi) is 5.75. The van der Waals surface area contributed by atoms with E-state index in [0.29, 0.717) is 11.1 Å². The van der Waals surface area contributed by atoms with Gasteiger partial charge >= 0.3 is 0 Å². The third-order valence-electron chi connectivity index (χ3n) is 3.12. The predicted octanol–water partition coefficient (Wildman–Crippen LogP) is 1.41. The molecule has 7 nitrogen and oxygen atoms in total. The number of nitrogens with zero attached hydrogens (tertiary/aromatic N) is 2. The maximum Gasteiger partial charge on any atom is 0.128 e. The number of aliphatic imine (C=N–C) groups is 2. The summed E-state index contributed by atoms with van der Waals surface area (Å²) in [7, 11) is 0. The molecule has 2 aromatic rings. The summed E-state index contributed by atoms with van der Waals surface area (Å²) in [5.74, 6) is -0.295. The second-order valence-corrected chi connectivity index (χ2v) is 5.13. The average molecular weight is 330 g/mol. The number of rotatable bonds is 6. The zero-order valence-corrected chi connectivity index (χ0v) is 12.7. The van der Waals surface area contributed by atoms with E-state index in [-0.39, 0.29) is 36.1 Å². The number of hydrogen-bond donors (Lipinski definition) is 5. The highest BCUT2D eigenvalue weighted by molar-refractivity contribution is 5.84. The van der Waals surface area contributed by atoms with Gasteiger partial charge in [-0.1, -0.05) is 0 Å². The lowest BCUT2D eigenvalue weighted by Gasteiger charge is -2.04. The summed E-state index contributed by atoms with van der Waals surface area (Å²) in [6, 6.07) is 8.26. The molecular weight excluding hydrogens is 312 g/mol. The molecular formula is C17H18N2O5. The molecule has 0 fully saturated rings. The molecule has 24 heavy (non-hydrogen) atoms. The third-order valence-corrected chi connectivity index (χ3v) is 3.12. The minimum Gasteiger partial charge on any atom is -0.508 e. The molecule has 0 radical (unpaired) electrons. The van der Waals surface area contributed by atoms with Crippen LogP contribution in [0.3, 0.4) is 0 Å². The molecule has 0 saturated carbocycles. The van der Waals surface area contributed by atoms with Gasteiger partial charge in [-0.15, -0.1) is 0 Å². The average Bonchev–Trinajstić information content (AvgIpc) is 2.51. The Hall–Kier alpha value is -3.06. The van der Waals surface area contributed by atoms with Crippen molar-refractivity contribution in [2.75, 3.05) is 13.1 Å². The number of hydrogen-bond acceptors (Lipinski definition) is 7. The topological polar surface area (TPSA) is 126 Å². The quantitative estimate of drug-likeness (QED) is 0.512. The van der Waals surface area contributed by atoms with E-state index in [0.717, 1.165) is 0 Å². The van der Waals surface area contributed by atoms with Crippen molar-refractivity contribution in [3.63, 3.8) is 0 Å². The summed E-state index contributed by atoms with van der Waals surface area (Å²) >= 11 is 0. The van der Waals surface area contributed by atoms with Crippen LogP contribution in [0.15, 0.2) is 46.4 Å². The van der Waals surface area contributed by atoms with E-state index in [4.69, 9.17) is 0 Å². The summed E-state index contributed by atoms with van der Waals surface area (Å²) in [6.45, 7) is 0.165. The van der Waals surface area contributed by atoms with E-state index in [1.54, 1.807) is 0 Å². The Morgan fingerprint density at radius 3 is 1.54 bits per heavy atom. The molecule has 5 N–H and O–H groups in total. The highest BCUT2D eigenvalue weighted by Gasteiger charge is 2.03. The Morgan fingerprint density at radius 2 is 1.17 bits per heavy atom. The molecule has 0 amide bonds. The molecule has 0 aliphatic carbocycles. The Bertz CT molecular complexity index is 695. The second-order valence-electron chi connectivity index (χ2n) is 5.13. The van der Waals surface area contributed by atoms with Crippen LogP contribution in [0.5, 0.6) is 23.0 Å². The van der Waals surface area contributed by atoms with E-state index in [1.807, 2.05) is 0 Å². The summed E-state index contributed by atoms with van der Waals surface area (Å²) in [4.78, 5) is 8.03. The van der Waals surface area contributed by atoms with Crippen molar-refractivity contribution in [2.24, 2.45) is 9.98 Å². The molecule has 7 heteroatoms. The maximum atomic E-state index is 9.80. The van der Waals surface area contributed by atoms with Crippen LogP contribution in [-0.2, 0) is 0 Å². The van der Waals surface area contributed by atoms with Crippen LogP contribution in [0, 0.1) is 0 Å².